The highest BCUT2D eigenvalue weighted by Crippen LogP contribution is 2.27. The van der Waals surface area contributed by atoms with Gasteiger partial charge >= 0.3 is 5.97 Å². The monoisotopic (exact) mass is 355 g/mol. The van der Waals surface area contributed by atoms with Gasteiger partial charge in [0.1, 0.15) is 5.52 Å². The minimum absolute atomic E-state index is 0.0920. The molecule has 0 aliphatic heterocycles. The maximum Gasteiger partial charge on any atom is 0.349 e. The van der Waals surface area contributed by atoms with Gasteiger partial charge in [-0.15, -0.1) is 0 Å². The highest BCUT2D eigenvalue weighted by Gasteiger charge is 2.22. The smallest absolute Gasteiger partial charge is 0.349 e. The molecule has 0 amide bonds. The molecule has 3 rings (SSSR count). The van der Waals surface area contributed by atoms with Crippen molar-refractivity contribution in [3.8, 4) is 11.4 Å². The average Bonchev–Trinajstić information content (AvgIpc) is 3.00. The third kappa shape index (κ3) is 3.34. The highest BCUT2D eigenvalue weighted by atomic mass is 16.7. The number of imidazole rings is 1. The van der Waals surface area contributed by atoms with Gasteiger partial charge < -0.3 is 9.57 Å². The standard InChI is InChI=1S/C18H17N3O5/c1-3-25-18(22)12(2)26-20-16-11-14(21(23)24)9-10-15(16)19-17(20)13-7-5-4-6-8-13/h4-12H,3H2,1-2H3/t12-/m0/s1. The van der Waals surface area contributed by atoms with Crippen LogP contribution in [0.5, 0.6) is 0 Å². The highest BCUT2D eigenvalue weighted by molar-refractivity contribution is 5.82. The molecule has 0 aliphatic carbocycles. The summed E-state index contributed by atoms with van der Waals surface area (Å²) in [5.74, 6) is -0.0870. The van der Waals surface area contributed by atoms with Crippen LogP contribution in [0.2, 0.25) is 0 Å². The van der Waals surface area contributed by atoms with Crippen LogP contribution in [0.15, 0.2) is 48.5 Å². The lowest BCUT2D eigenvalue weighted by Gasteiger charge is -2.16. The van der Waals surface area contributed by atoms with Gasteiger partial charge in [-0.05, 0) is 19.9 Å². The molecule has 3 aromatic rings. The van der Waals surface area contributed by atoms with Crippen LogP contribution in [0.3, 0.4) is 0 Å². The number of carbonyl (C=O) groups is 1. The molecule has 1 atom stereocenters. The van der Waals surface area contributed by atoms with E-state index in [0.717, 1.165) is 5.56 Å². The Morgan fingerprint density at radius 2 is 2.00 bits per heavy atom. The lowest BCUT2D eigenvalue weighted by molar-refractivity contribution is -0.384. The lowest BCUT2D eigenvalue weighted by Crippen LogP contribution is -2.32. The van der Waals surface area contributed by atoms with E-state index in [0.29, 0.717) is 16.9 Å². The van der Waals surface area contributed by atoms with Gasteiger partial charge in [-0.3, -0.25) is 10.1 Å². The first kappa shape index (κ1) is 17.4. The molecule has 0 spiro atoms. The van der Waals surface area contributed by atoms with Crippen molar-refractivity contribution in [3.63, 3.8) is 0 Å². The Kier molecular flexibility index (Phi) is 4.83. The molecule has 0 radical (unpaired) electrons. The first-order valence-electron chi connectivity index (χ1n) is 8.07. The van der Waals surface area contributed by atoms with Gasteiger partial charge in [0.15, 0.2) is 5.82 Å². The maximum atomic E-state index is 11.9. The molecule has 0 aliphatic rings. The number of benzene rings is 2. The van der Waals surface area contributed by atoms with E-state index in [1.165, 1.54) is 16.9 Å². The summed E-state index contributed by atoms with van der Waals surface area (Å²) in [5.41, 5.74) is 1.58. The Morgan fingerprint density at radius 3 is 2.65 bits per heavy atom. The average molecular weight is 355 g/mol. The van der Waals surface area contributed by atoms with Gasteiger partial charge in [-0.25, -0.2) is 9.78 Å². The number of non-ortho nitro benzene ring substituents is 1. The van der Waals surface area contributed by atoms with Crippen LogP contribution in [-0.4, -0.2) is 33.3 Å². The zero-order chi connectivity index (χ0) is 18.7. The molecule has 134 valence electrons. The van der Waals surface area contributed by atoms with Crippen LogP contribution in [0.1, 0.15) is 13.8 Å². The largest absolute Gasteiger partial charge is 0.463 e. The third-order valence-electron chi connectivity index (χ3n) is 3.72. The summed E-state index contributed by atoms with van der Waals surface area (Å²) in [4.78, 5) is 32.8. The maximum absolute atomic E-state index is 11.9. The summed E-state index contributed by atoms with van der Waals surface area (Å²) in [6.45, 7) is 3.49. The molecule has 0 fully saturated rings. The van der Waals surface area contributed by atoms with Crippen LogP contribution >= 0.6 is 0 Å². The van der Waals surface area contributed by atoms with E-state index in [9.17, 15) is 14.9 Å². The molecule has 1 aromatic heterocycles. The summed E-state index contributed by atoms with van der Waals surface area (Å²) in [5, 5.41) is 11.1. The fourth-order valence-electron chi connectivity index (χ4n) is 2.49. The van der Waals surface area contributed by atoms with E-state index in [1.54, 1.807) is 19.9 Å². The number of nitrogens with zero attached hydrogens (tertiary/aromatic N) is 3. The van der Waals surface area contributed by atoms with Crippen molar-refractivity contribution in [1.29, 1.82) is 0 Å². The van der Waals surface area contributed by atoms with Gasteiger partial charge in [0.2, 0.25) is 6.10 Å². The van der Waals surface area contributed by atoms with E-state index in [1.807, 2.05) is 30.3 Å². The van der Waals surface area contributed by atoms with Gasteiger partial charge in [-0.1, -0.05) is 30.3 Å². The zero-order valence-corrected chi connectivity index (χ0v) is 14.3. The molecule has 0 unspecified atom stereocenters. The molecule has 0 N–H and O–H groups in total. The Morgan fingerprint density at radius 1 is 1.27 bits per heavy atom. The molecular weight excluding hydrogens is 338 g/mol. The van der Waals surface area contributed by atoms with Crippen molar-refractivity contribution in [1.82, 2.24) is 9.71 Å². The third-order valence-corrected chi connectivity index (χ3v) is 3.72. The summed E-state index contributed by atoms with van der Waals surface area (Å²) in [6, 6.07) is 13.5. The van der Waals surface area contributed by atoms with E-state index in [-0.39, 0.29) is 12.3 Å². The van der Waals surface area contributed by atoms with E-state index < -0.39 is 17.0 Å². The molecule has 8 heteroatoms. The second kappa shape index (κ2) is 7.22. The van der Waals surface area contributed by atoms with Gasteiger partial charge in [0, 0.05) is 17.7 Å². The second-order valence-corrected chi connectivity index (χ2v) is 5.53. The predicted octanol–water partition coefficient (Wildman–Crippen LogP) is 2.99. The summed E-state index contributed by atoms with van der Waals surface area (Å²) in [6.07, 6.45) is -0.908. The molecule has 0 saturated carbocycles. The Bertz CT molecular complexity index is 952. The Hall–Kier alpha value is -3.42. The van der Waals surface area contributed by atoms with E-state index in [2.05, 4.69) is 4.98 Å². The summed E-state index contributed by atoms with van der Waals surface area (Å²) in [7, 11) is 0. The number of nitro benzene ring substituents is 1. The molecule has 8 nitrogen and oxygen atoms in total. The van der Waals surface area contributed by atoms with Crippen LogP contribution in [0.4, 0.5) is 5.69 Å². The molecule has 0 saturated heterocycles. The van der Waals surface area contributed by atoms with Crippen LogP contribution in [0, 0.1) is 10.1 Å². The first-order valence-corrected chi connectivity index (χ1v) is 8.07. The molecule has 0 bridgehead atoms. The van der Waals surface area contributed by atoms with Crippen LogP contribution in [0.25, 0.3) is 22.4 Å². The van der Waals surface area contributed by atoms with Gasteiger partial charge in [-0.2, -0.15) is 4.73 Å². The molecule has 2 aromatic carbocycles. The van der Waals surface area contributed by atoms with E-state index in [4.69, 9.17) is 9.57 Å². The minimum Gasteiger partial charge on any atom is -0.463 e. The number of hydrogen-bond acceptors (Lipinski definition) is 6. The number of hydrogen-bond donors (Lipinski definition) is 0. The van der Waals surface area contributed by atoms with Crippen molar-refractivity contribution >= 4 is 22.7 Å². The fraction of sp³-hybridized carbons (Fsp3) is 0.222. The van der Waals surface area contributed by atoms with Crippen LogP contribution in [-0.2, 0) is 9.53 Å². The molecule has 26 heavy (non-hydrogen) atoms. The number of fused-ring (bicyclic) bond motifs is 1. The SMILES string of the molecule is CCOC(=O)[C@H](C)On1c(-c2ccccc2)nc2ccc([N+](=O)[O-])cc21. The minimum atomic E-state index is -0.908. The van der Waals surface area contributed by atoms with Crippen LogP contribution < -0.4 is 4.84 Å². The van der Waals surface area contributed by atoms with Gasteiger partial charge in [0.25, 0.3) is 5.69 Å². The van der Waals surface area contributed by atoms with Crippen molar-refractivity contribution in [2.45, 2.75) is 20.0 Å². The normalized spacial score (nSPS) is 11.9. The Labute approximate surface area is 149 Å². The summed E-state index contributed by atoms with van der Waals surface area (Å²) < 4.78 is 6.31. The molecular formula is C18H17N3O5. The molecule has 1 heterocycles. The first-order chi connectivity index (χ1) is 12.5. The number of ether oxygens (including phenoxy) is 1. The zero-order valence-electron chi connectivity index (χ0n) is 14.3. The van der Waals surface area contributed by atoms with Crippen molar-refractivity contribution in [3.05, 3.63) is 58.6 Å². The number of esters is 1. The second-order valence-electron chi connectivity index (χ2n) is 5.53. The van der Waals surface area contributed by atoms with Crippen molar-refractivity contribution < 1.29 is 19.3 Å². The summed E-state index contributed by atoms with van der Waals surface area (Å²) >= 11 is 0. The van der Waals surface area contributed by atoms with Crippen molar-refractivity contribution in [2.24, 2.45) is 0 Å². The number of nitro groups is 1. The fourth-order valence-corrected chi connectivity index (χ4v) is 2.49. The predicted molar refractivity (Wildman–Crippen MR) is 94.5 cm³/mol. The van der Waals surface area contributed by atoms with E-state index >= 15 is 0 Å². The van der Waals surface area contributed by atoms with Crippen molar-refractivity contribution in [2.75, 3.05) is 6.61 Å². The lowest BCUT2D eigenvalue weighted by atomic mass is 10.2. The van der Waals surface area contributed by atoms with Gasteiger partial charge in [0.05, 0.1) is 17.0 Å². The number of rotatable bonds is 6. The number of carbonyl (C=O) groups excluding carboxylic acids is 1. The topological polar surface area (TPSA) is 96.5 Å². The quantitative estimate of drug-likeness (QED) is 0.383. The number of aromatic nitrogens is 2. The Balaban J connectivity index is 2.13.